The summed E-state index contributed by atoms with van der Waals surface area (Å²) >= 11 is 0. The van der Waals surface area contributed by atoms with Crippen LogP contribution < -0.4 is 16.6 Å². The molecule has 0 fully saturated rings. The minimum absolute atomic E-state index is 0.253. The van der Waals surface area contributed by atoms with E-state index in [2.05, 4.69) is 5.32 Å². The van der Waals surface area contributed by atoms with Crippen LogP contribution in [-0.4, -0.2) is 6.03 Å². The van der Waals surface area contributed by atoms with Gasteiger partial charge in [-0.2, -0.15) is 0 Å². The number of halogens is 1. The van der Waals surface area contributed by atoms with E-state index in [9.17, 15) is 9.18 Å². The van der Waals surface area contributed by atoms with Crippen LogP contribution in [0.4, 0.5) is 9.18 Å². The maximum atomic E-state index is 12.8. The van der Waals surface area contributed by atoms with Gasteiger partial charge in [-0.25, -0.2) is 15.0 Å². The smallest absolute Gasteiger partial charge is 0.329 e. The quantitative estimate of drug-likeness (QED) is 0.373. The molecule has 0 bridgehead atoms. The highest BCUT2D eigenvalue weighted by Gasteiger charge is 2.00. The summed E-state index contributed by atoms with van der Waals surface area (Å²) in [5.41, 5.74) is 3.32. The summed E-state index contributed by atoms with van der Waals surface area (Å²) in [7, 11) is 0. The molecule has 4 N–H and O–H groups in total. The van der Waals surface area contributed by atoms with Crippen LogP contribution in [0.25, 0.3) is 0 Å². The van der Waals surface area contributed by atoms with Gasteiger partial charge in [0.05, 0.1) is 0 Å². The van der Waals surface area contributed by atoms with Crippen molar-refractivity contribution in [3.63, 3.8) is 0 Å². The van der Waals surface area contributed by atoms with Gasteiger partial charge in [-0.15, -0.1) is 0 Å². The normalized spacial score (nSPS) is 9.64. The fraction of sp³-hybridized carbons (Fsp3) is 0.222. The number of urea groups is 1. The molecule has 0 saturated heterocycles. The Morgan fingerprint density at radius 2 is 2.29 bits per heavy atom. The Morgan fingerprint density at radius 3 is 2.86 bits per heavy atom. The second-order valence-corrected chi connectivity index (χ2v) is 2.91. The predicted octanol–water partition coefficient (Wildman–Crippen LogP) is 0.807. The summed E-state index contributed by atoms with van der Waals surface area (Å²) in [6.45, 7) is 1.99. The van der Waals surface area contributed by atoms with Crippen molar-refractivity contribution in [3.05, 3.63) is 35.1 Å². The van der Waals surface area contributed by atoms with Gasteiger partial charge in [-0.05, 0) is 24.1 Å². The van der Waals surface area contributed by atoms with Crippen molar-refractivity contribution in [2.24, 2.45) is 5.84 Å². The molecule has 0 aromatic heterocycles. The number of hydrogen-bond acceptors (Lipinski definition) is 2. The van der Waals surface area contributed by atoms with Gasteiger partial charge in [0.2, 0.25) is 0 Å². The molecule has 0 saturated carbocycles. The van der Waals surface area contributed by atoms with Crippen molar-refractivity contribution >= 4 is 6.03 Å². The number of rotatable bonds is 2. The third-order valence-corrected chi connectivity index (χ3v) is 1.81. The van der Waals surface area contributed by atoms with Crippen LogP contribution >= 0.6 is 0 Å². The van der Waals surface area contributed by atoms with Crippen molar-refractivity contribution in [2.75, 3.05) is 0 Å². The molecule has 0 aliphatic rings. The lowest BCUT2D eigenvalue weighted by molar-refractivity contribution is 0.241. The molecule has 1 rings (SSSR count). The average molecular weight is 197 g/mol. The summed E-state index contributed by atoms with van der Waals surface area (Å²) < 4.78 is 12.8. The summed E-state index contributed by atoms with van der Waals surface area (Å²) in [6.07, 6.45) is 0. The third kappa shape index (κ3) is 2.70. The number of nitrogens with two attached hydrogens (primary N) is 1. The molecule has 0 aliphatic heterocycles. The third-order valence-electron chi connectivity index (χ3n) is 1.81. The van der Waals surface area contributed by atoms with Gasteiger partial charge in [0.1, 0.15) is 5.82 Å². The maximum absolute atomic E-state index is 12.8. The lowest BCUT2D eigenvalue weighted by atomic mass is 10.1. The number of aryl methyl sites for hydroxylation is 1. The first-order valence-corrected chi connectivity index (χ1v) is 4.13. The van der Waals surface area contributed by atoms with E-state index in [-0.39, 0.29) is 5.82 Å². The minimum Gasteiger partial charge on any atom is -0.333 e. The van der Waals surface area contributed by atoms with E-state index in [4.69, 9.17) is 5.84 Å². The molecule has 76 valence electrons. The number of carbonyl (C=O) groups is 1. The number of hydrazine groups is 1. The number of benzene rings is 1. The van der Waals surface area contributed by atoms with Crippen LogP contribution in [0.3, 0.4) is 0 Å². The minimum atomic E-state index is -0.466. The Bertz CT molecular complexity index is 341. The molecule has 1 aromatic rings. The van der Waals surface area contributed by atoms with Crippen LogP contribution in [0.2, 0.25) is 0 Å². The molecular weight excluding hydrogens is 185 g/mol. The first kappa shape index (κ1) is 10.5. The van der Waals surface area contributed by atoms with E-state index in [0.717, 1.165) is 5.56 Å². The number of hydrogen-bond donors (Lipinski definition) is 3. The molecule has 0 atom stereocenters. The lowest BCUT2D eigenvalue weighted by Gasteiger charge is -2.05. The van der Waals surface area contributed by atoms with Crippen LogP contribution in [-0.2, 0) is 6.54 Å². The second kappa shape index (κ2) is 4.57. The summed E-state index contributed by atoms with van der Waals surface area (Å²) in [4.78, 5) is 10.7. The summed E-state index contributed by atoms with van der Waals surface area (Å²) in [5, 5.41) is 2.50. The van der Waals surface area contributed by atoms with Crippen LogP contribution in [0.1, 0.15) is 11.1 Å². The molecular formula is C9H12FN3O. The largest absolute Gasteiger partial charge is 0.333 e. The second-order valence-electron chi connectivity index (χ2n) is 2.91. The SMILES string of the molecule is Cc1cc(CNC(=O)NN)ccc1F. The molecule has 2 amide bonds. The van der Waals surface area contributed by atoms with Crippen LogP contribution in [0, 0.1) is 12.7 Å². The lowest BCUT2D eigenvalue weighted by Crippen LogP contribution is -2.39. The highest BCUT2D eigenvalue weighted by atomic mass is 19.1. The van der Waals surface area contributed by atoms with Crippen molar-refractivity contribution in [1.29, 1.82) is 0 Å². The zero-order valence-electron chi connectivity index (χ0n) is 7.80. The van der Waals surface area contributed by atoms with Crippen molar-refractivity contribution in [3.8, 4) is 0 Å². The van der Waals surface area contributed by atoms with Gasteiger partial charge in [0.15, 0.2) is 0 Å². The first-order valence-electron chi connectivity index (χ1n) is 4.13. The van der Waals surface area contributed by atoms with Gasteiger partial charge >= 0.3 is 6.03 Å². The fourth-order valence-electron chi connectivity index (χ4n) is 1.05. The van der Waals surface area contributed by atoms with Gasteiger partial charge in [0.25, 0.3) is 0 Å². The molecule has 0 spiro atoms. The molecule has 0 radical (unpaired) electrons. The van der Waals surface area contributed by atoms with Crippen molar-refractivity contribution < 1.29 is 9.18 Å². The zero-order chi connectivity index (χ0) is 10.6. The topological polar surface area (TPSA) is 67.2 Å². The maximum Gasteiger partial charge on any atom is 0.329 e. The van der Waals surface area contributed by atoms with Gasteiger partial charge in [-0.3, -0.25) is 5.43 Å². The summed E-state index contributed by atoms with van der Waals surface area (Å²) in [5.74, 6) is 4.62. The van der Waals surface area contributed by atoms with Crippen LogP contribution in [0.5, 0.6) is 0 Å². The Balaban J connectivity index is 2.60. The highest BCUT2D eigenvalue weighted by Crippen LogP contribution is 2.08. The number of nitrogens with one attached hydrogen (secondary N) is 2. The molecule has 5 heteroatoms. The Hall–Kier alpha value is -1.62. The van der Waals surface area contributed by atoms with E-state index in [1.165, 1.54) is 6.07 Å². The molecule has 0 aliphatic carbocycles. The van der Waals surface area contributed by atoms with E-state index in [1.54, 1.807) is 19.1 Å². The van der Waals surface area contributed by atoms with Gasteiger partial charge in [0, 0.05) is 6.54 Å². The van der Waals surface area contributed by atoms with Gasteiger partial charge < -0.3 is 5.32 Å². The average Bonchev–Trinajstić information content (AvgIpc) is 2.19. The van der Waals surface area contributed by atoms with E-state index in [1.807, 2.05) is 5.43 Å². The molecule has 1 aromatic carbocycles. The van der Waals surface area contributed by atoms with E-state index in [0.29, 0.717) is 12.1 Å². The van der Waals surface area contributed by atoms with Crippen molar-refractivity contribution in [2.45, 2.75) is 13.5 Å². The zero-order valence-corrected chi connectivity index (χ0v) is 7.80. The monoisotopic (exact) mass is 197 g/mol. The van der Waals surface area contributed by atoms with E-state index >= 15 is 0 Å². The highest BCUT2D eigenvalue weighted by molar-refractivity contribution is 5.72. The first-order chi connectivity index (χ1) is 6.63. The molecule has 4 nitrogen and oxygen atoms in total. The summed E-state index contributed by atoms with van der Waals surface area (Å²) in [6, 6.07) is 4.18. The fourth-order valence-corrected chi connectivity index (χ4v) is 1.05. The van der Waals surface area contributed by atoms with Gasteiger partial charge in [-0.1, -0.05) is 12.1 Å². The van der Waals surface area contributed by atoms with Crippen molar-refractivity contribution in [1.82, 2.24) is 10.7 Å². The molecule has 14 heavy (non-hydrogen) atoms. The van der Waals surface area contributed by atoms with E-state index < -0.39 is 6.03 Å². The standard InChI is InChI=1S/C9H12FN3O/c1-6-4-7(2-3-8(6)10)5-12-9(14)13-11/h2-4H,5,11H2,1H3,(H2,12,13,14). The predicted molar refractivity (Wildman–Crippen MR) is 50.7 cm³/mol. The Morgan fingerprint density at radius 1 is 1.57 bits per heavy atom. The molecule has 0 unspecified atom stereocenters. The van der Waals surface area contributed by atoms with Crippen LogP contribution in [0.15, 0.2) is 18.2 Å². The number of amides is 2. The molecule has 0 heterocycles. The Labute approximate surface area is 81.3 Å². The Kier molecular flexibility index (Phi) is 3.41. The number of carbonyl (C=O) groups excluding carboxylic acids is 1.